The lowest BCUT2D eigenvalue weighted by atomic mass is 9.47. The number of rotatable bonds is 0. The lowest BCUT2D eigenvalue weighted by molar-refractivity contribution is -0.129. The zero-order chi connectivity index (χ0) is 16.4. The Morgan fingerprint density at radius 3 is 2.30 bits per heavy atom. The fourth-order valence-electron chi connectivity index (χ4n) is 6.45. The number of carbonyl (C=O) groups is 2. The summed E-state index contributed by atoms with van der Waals surface area (Å²) in [7, 11) is 0. The first-order chi connectivity index (χ1) is 10.8. The predicted octanol–water partition coefficient (Wildman–Crippen LogP) is 4.64. The minimum atomic E-state index is -0.0770. The van der Waals surface area contributed by atoms with Crippen LogP contribution in [-0.4, -0.2) is 11.6 Å². The molecule has 0 radical (unpaired) electrons. The monoisotopic (exact) mass is 312 g/mol. The highest BCUT2D eigenvalue weighted by molar-refractivity contribution is 6.07. The predicted molar refractivity (Wildman–Crippen MR) is 90.9 cm³/mol. The molecule has 0 heterocycles. The fraction of sp³-hybridized carbons (Fsp3) is 0.714. The maximum absolute atomic E-state index is 12.4. The molecule has 0 aliphatic heterocycles. The third kappa shape index (κ3) is 2.13. The molecule has 4 aliphatic carbocycles. The van der Waals surface area contributed by atoms with Gasteiger partial charge in [0.2, 0.25) is 0 Å². The maximum atomic E-state index is 12.4. The Morgan fingerprint density at radius 2 is 1.61 bits per heavy atom. The molecule has 4 aliphatic rings. The van der Waals surface area contributed by atoms with Crippen LogP contribution in [0, 0.1) is 28.6 Å². The first-order valence-electron chi connectivity index (χ1n) is 9.30. The third-order valence-electron chi connectivity index (χ3n) is 7.60. The van der Waals surface area contributed by atoms with E-state index in [0.29, 0.717) is 5.41 Å². The number of hydrogen-bond acceptors (Lipinski definition) is 2. The van der Waals surface area contributed by atoms with Crippen LogP contribution < -0.4 is 0 Å². The summed E-state index contributed by atoms with van der Waals surface area (Å²) < 4.78 is 0. The van der Waals surface area contributed by atoms with Crippen LogP contribution >= 0.6 is 0 Å². The second-order valence-corrected chi connectivity index (χ2v) is 9.19. The standard InChI is InChI=1S/C21H28O2/c1-20(2)9-4-10-21(3)16-12-15-14(17(22)6-7-18(15)23)11-13(16)5-8-19(20)21/h6-7,14-15,19H,4-5,8-12H2,1-3H3/t14?,15?,19-,21+/m1/s1. The van der Waals surface area contributed by atoms with E-state index in [9.17, 15) is 9.59 Å². The zero-order valence-electron chi connectivity index (χ0n) is 14.7. The molecule has 2 heteroatoms. The van der Waals surface area contributed by atoms with Crippen molar-refractivity contribution in [2.75, 3.05) is 0 Å². The average Bonchev–Trinajstić information content (AvgIpc) is 2.49. The van der Waals surface area contributed by atoms with Gasteiger partial charge in [0.25, 0.3) is 0 Å². The van der Waals surface area contributed by atoms with Gasteiger partial charge in [-0.15, -0.1) is 0 Å². The van der Waals surface area contributed by atoms with Crippen LogP contribution in [-0.2, 0) is 9.59 Å². The van der Waals surface area contributed by atoms with E-state index in [1.807, 2.05) is 0 Å². The summed E-state index contributed by atoms with van der Waals surface area (Å²) in [6, 6.07) is 0. The number of allylic oxidation sites excluding steroid dienone is 4. The maximum Gasteiger partial charge on any atom is 0.159 e. The molecule has 4 rings (SSSR count). The van der Waals surface area contributed by atoms with Crippen LogP contribution in [0.4, 0.5) is 0 Å². The van der Waals surface area contributed by atoms with Crippen LogP contribution in [0.3, 0.4) is 0 Å². The van der Waals surface area contributed by atoms with Crippen molar-refractivity contribution in [2.24, 2.45) is 28.6 Å². The molecule has 0 amide bonds. The molecule has 0 aromatic rings. The Kier molecular flexibility index (Phi) is 3.28. The van der Waals surface area contributed by atoms with E-state index >= 15 is 0 Å². The van der Waals surface area contributed by atoms with Gasteiger partial charge >= 0.3 is 0 Å². The summed E-state index contributed by atoms with van der Waals surface area (Å²) >= 11 is 0. The third-order valence-corrected chi connectivity index (χ3v) is 7.60. The van der Waals surface area contributed by atoms with E-state index in [-0.39, 0.29) is 28.8 Å². The average molecular weight is 312 g/mol. The van der Waals surface area contributed by atoms with Gasteiger partial charge in [0.15, 0.2) is 11.6 Å². The largest absolute Gasteiger partial charge is 0.295 e. The smallest absolute Gasteiger partial charge is 0.159 e. The van der Waals surface area contributed by atoms with Gasteiger partial charge < -0.3 is 0 Å². The van der Waals surface area contributed by atoms with E-state index < -0.39 is 0 Å². The number of hydrogen-bond donors (Lipinski definition) is 0. The van der Waals surface area contributed by atoms with Gasteiger partial charge in [0, 0.05) is 11.8 Å². The van der Waals surface area contributed by atoms with Crippen molar-refractivity contribution in [3.63, 3.8) is 0 Å². The highest BCUT2D eigenvalue weighted by Crippen LogP contribution is 2.62. The van der Waals surface area contributed by atoms with Crippen molar-refractivity contribution in [2.45, 2.75) is 65.7 Å². The highest BCUT2D eigenvalue weighted by atomic mass is 16.1. The van der Waals surface area contributed by atoms with Gasteiger partial charge in [-0.1, -0.05) is 38.3 Å². The highest BCUT2D eigenvalue weighted by Gasteiger charge is 2.53. The van der Waals surface area contributed by atoms with Crippen molar-refractivity contribution < 1.29 is 9.59 Å². The van der Waals surface area contributed by atoms with E-state index in [0.717, 1.165) is 25.2 Å². The molecule has 0 aromatic heterocycles. The molecule has 1 fully saturated rings. The molecule has 124 valence electrons. The Labute approximate surface area is 139 Å². The molecule has 23 heavy (non-hydrogen) atoms. The summed E-state index contributed by atoms with van der Waals surface area (Å²) in [5.41, 5.74) is 3.75. The summed E-state index contributed by atoms with van der Waals surface area (Å²) in [4.78, 5) is 24.6. The SMILES string of the molecule is CC1(C)CCC[C@@]2(C)C3=C(CC[C@H]12)CC1C(=O)C=CC(=O)C1C3. The van der Waals surface area contributed by atoms with Gasteiger partial charge in [-0.05, 0) is 67.4 Å². The molecular weight excluding hydrogens is 284 g/mol. The Bertz CT molecular complexity index is 636. The van der Waals surface area contributed by atoms with Crippen molar-refractivity contribution >= 4 is 11.6 Å². The molecule has 0 aromatic carbocycles. The van der Waals surface area contributed by atoms with Crippen LogP contribution in [0.1, 0.15) is 65.7 Å². The fourth-order valence-corrected chi connectivity index (χ4v) is 6.45. The van der Waals surface area contributed by atoms with Crippen molar-refractivity contribution in [3.8, 4) is 0 Å². The van der Waals surface area contributed by atoms with Crippen LogP contribution in [0.5, 0.6) is 0 Å². The van der Waals surface area contributed by atoms with Gasteiger partial charge in [0.05, 0.1) is 0 Å². The minimum absolute atomic E-state index is 0.0667. The van der Waals surface area contributed by atoms with Crippen molar-refractivity contribution in [1.29, 1.82) is 0 Å². The lowest BCUT2D eigenvalue weighted by Crippen LogP contribution is -2.48. The van der Waals surface area contributed by atoms with Crippen molar-refractivity contribution in [1.82, 2.24) is 0 Å². The minimum Gasteiger partial charge on any atom is -0.295 e. The Morgan fingerprint density at radius 1 is 0.957 bits per heavy atom. The zero-order valence-corrected chi connectivity index (χ0v) is 14.7. The van der Waals surface area contributed by atoms with E-state index in [4.69, 9.17) is 0 Å². The van der Waals surface area contributed by atoms with Gasteiger partial charge in [-0.3, -0.25) is 9.59 Å². The first-order valence-corrected chi connectivity index (χ1v) is 9.30. The topological polar surface area (TPSA) is 34.1 Å². The van der Waals surface area contributed by atoms with Crippen LogP contribution in [0.25, 0.3) is 0 Å². The number of fused-ring (bicyclic) bond motifs is 3. The molecule has 0 saturated heterocycles. The molecule has 0 bridgehead atoms. The normalized spacial score (nSPS) is 42.1. The van der Waals surface area contributed by atoms with E-state index in [2.05, 4.69) is 20.8 Å². The Balaban J connectivity index is 1.74. The first kappa shape index (κ1) is 15.4. The molecule has 1 saturated carbocycles. The molecule has 4 atom stereocenters. The van der Waals surface area contributed by atoms with Crippen molar-refractivity contribution in [3.05, 3.63) is 23.3 Å². The molecular formula is C21H28O2. The van der Waals surface area contributed by atoms with Crippen LogP contribution in [0.15, 0.2) is 23.3 Å². The number of ketones is 2. The van der Waals surface area contributed by atoms with E-state index in [1.54, 1.807) is 5.57 Å². The lowest BCUT2D eigenvalue weighted by Gasteiger charge is -2.57. The number of carbonyl (C=O) groups excluding carboxylic acids is 2. The summed E-state index contributed by atoms with van der Waals surface area (Å²) in [6.45, 7) is 7.33. The summed E-state index contributed by atoms with van der Waals surface area (Å²) in [5.74, 6) is 0.943. The van der Waals surface area contributed by atoms with Gasteiger partial charge in [-0.25, -0.2) is 0 Å². The van der Waals surface area contributed by atoms with Gasteiger partial charge in [-0.2, -0.15) is 0 Å². The van der Waals surface area contributed by atoms with E-state index in [1.165, 1.54) is 43.4 Å². The molecule has 0 spiro atoms. The molecule has 2 unspecified atom stereocenters. The molecule has 2 nitrogen and oxygen atoms in total. The van der Waals surface area contributed by atoms with Crippen LogP contribution in [0.2, 0.25) is 0 Å². The Hall–Kier alpha value is -1.18. The summed E-state index contributed by atoms with van der Waals surface area (Å²) in [6.07, 6.45) is 11.0. The van der Waals surface area contributed by atoms with Gasteiger partial charge in [0.1, 0.15) is 0 Å². The second kappa shape index (κ2) is 4.91. The molecule has 0 N–H and O–H groups in total. The second-order valence-electron chi connectivity index (χ2n) is 9.19. The summed E-state index contributed by atoms with van der Waals surface area (Å²) in [5, 5.41) is 0. The quantitative estimate of drug-likeness (QED) is 0.610.